The third-order valence-electron chi connectivity index (χ3n) is 11.3. The monoisotopic (exact) mass is 830 g/mol. The Bertz CT molecular complexity index is 1450. The molecular formula is C44H72Cl2O8S. The maximum atomic E-state index is 12.1. The minimum absolute atomic E-state index is 0.0357. The van der Waals surface area contributed by atoms with E-state index in [9.17, 15) is 19.5 Å². The second-order valence-corrected chi connectivity index (χ2v) is 20.6. The maximum Gasteiger partial charge on any atom is 0.310 e. The number of hydrogen-bond acceptors (Lipinski definition) is 7. The van der Waals surface area contributed by atoms with Gasteiger partial charge in [0, 0.05) is 37.6 Å². The Morgan fingerprint density at radius 3 is 1.55 bits per heavy atom. The van der Waals surface area contributed by atoms with Gasteiger partial charge in [-0.15, -0.1) is 19.7 Å². The number of ether oxygens (including phenoxy) is 2. The summed E-state index contributed by atoms with van der Waals surface area (Å²) in [4.78, 5) is 34.8. The highest BCUT2D eigenvalue weighted by Crippen LogP contribution is 2.50. The minimum Gasteiger partial charge on any atom is -0.481 e. The van der Waals surface area contributed by atoms with Crippen LogP contribution in [-0.2, 0) is 33.1 Å². The number of carbonyl (C=O) groups excluding carboxylic acids is 2. The van der Waals surface area contributed by atoms with Gasteiger partial charge in [0.2, 0.25) is 9.23 Å². The average Bonchev–Trinajstić information content (AvgIpc) is 3.02. The van der Waals surface area contributed by atoms with Gasteiger partial charge in [-0.2, -0.15) is 0 Å². The Morgan fingerprint density at radius 1 is 0.782 bits per heavy atom. The van der Waals surface area contributed by atoms with E-state index in [2.05, 4.69) is 61.9 Å². The van der Waals surface area contributed by atoms with E-state index in [-0.39, 0.29) is 41.5 Å². The van der Waals surface area contributed by atoms with Crippen molar-refractivity contribution in [1.82, 2.24) is 0 Å². The molecule has 55 heavy (non-hydrogen) atoms. The molecule has 0 aromatic rings. The summed E-state index contributed by atoms with van der Waals surface area (Å²) < 4.78 is 19.9. The van der Waals surface area contributed by atoms with E-state index in [4.69, 9.17) is 18.8 Å². The Kier molecular flexibility index (Phi) is 21.2. The zero-order valence-electron chi connectivity index (χ0n) is 35.9. The van der Waals surface area contributed by atoms with Gasteiger partial charge in [0.1, 0.15) is 11.2 Å². The summed E-state index contributed by atoms with van der Waals surface area (Å²) in [6.07, 6.45) is 15.6. The average molecular weight is 832 g/mol. The molecule has 0 saturated heterocycles. The normalized spacial score (nSPS) is 28.2. The van der Waals surface area contributed by atoms with Crippen molar-refractivity contribution < 1.29 is 38.3 Å². The summed E-state index contributed by atoms with van der Waals surface area (Å²) in [5.41, 5.74) is 2.28. The maximum absolute atomic E-state index is 12.1. The zero-order valence-corrected chi connectivity index (χ0v) is 38.3. The van der Waals surface area contributed by atoms with Crippen LogP contribution in [0.5, 0.6) is 0 Å². The van der Waals surface area contributed by atoms with Gasteiger partial charge < -0.3 is 19.7 Å². The molecule has 0 bridgehead atoms. The lowest BCUT2D eigenvalue weighted by Gasteiger charge is -2.50. The van der Waals surface area contributed by atoms with Crippen molar-refractivity contribution >= 4 is 48.5 Å². The molecule has 0 aromatic heterocycles. The largest absolute Gasteiger partial charge is 0.481 e. The van der Waals surface area contributed by atoms with Crippen LogP contribution in [-0.4, -0.2) is 49.1 Å². The fraction of sp³-hybridized carbons (Fsp3) is 0.705. The lowest BCUT2D eigenvalue weighted by atomic mass is 9.58. The van der Waals surface area contributed by atoms with Crippen LogP contribution in [0.4, 0.5) is 0 Å². The molecule has 0 spiro atoms. The van der Waals surface area contributed by atoms with E-state index in [1.807, 2.05) is 74.5 Å². The number of carboxylic acid groups (broad SMARTS) is 1. The number of esters is 2. The van der Waals surface area contributed by atoms with Crippen LogP contribution < -0.4 is 0 Å². The molecule has 0 amide bonds. The van der Waals surface area contributed by atoms with Crippen molar-refractivity contribution in [3.8, 4) is 0 Å². The van der Waals surface area contributed by atoms with Crippen molar-refractivity contribution in [2.45, 2.75) is 177 Å². The Hall–Kier alpha value is -2.20. The van der Waals surface area contributed by atoms with E-state index in [1.54, 1.807) is 6.08 Å². The third-order valence-corrected chi connectivity index (χ3v) is 11.3. The lowest BCUT2D eigenvalue weighted by Crippen LogP contribution is -2.54. The van der Waals surface area contributed by atoms with Crippen molar-refractivity contribution in [3.63, 3.8) is 0 Å². The molecule has 316 valence electrons. The Labute approximate surface area is 344 Å². The molecule has 11 heteroatoms. The van der Waals surface area contributed by atoms with Gasteiger partial charge in [-0.3, -0.25) is 14.4 Å². The van der Waals surface area contributed by atoms with Gasteiger partial charge in [0.15, 0.2) is 0 Å². The van der Waals surface area contributed by atoms with Crippen LogP contribution in [0.2, 0.25) is 0 Å². The summed E-state index contributed by atoms with van der Waals surface area (Å²) in [6.45, 7) is 35.2. The van der Waals surface area contributed by atoms with Crippen molar-refractivity contribution in [1.29, 1.82) is 0 Å². The molecule has 2 unspecified atom stereocenters. The first kappa shape index (κ1) is 52.8. The van der Waals surface area contributed by atoms with Crippen LogP contribution in [0, 0.1) is 22.2 Å². The third kappa shape index (κ3) is 17.5. The van der Waals surface area contributed by atoms with Crippen LogP contribution in [0.25, 0.3) is 0 Å². The topological polar surface area (TPSA) is 127 Å². The molecule has 8 nitrogen and oxygen atoms in total. The Balaban J connectivity index is 0.000000764. The molecule has 0 heterocycles. The van der Waals surface area contributed by atoms with Crippen LogP contribution >= 0.6 is 21.4 Å². The molecule has 1 saturated carbocycles. The van der Waals surface area contributed by atoms with Gasteiger partial charge in [0.05, 0.1) is 24.9 Å². The molecule has 3 rings (SSSR count). The quantitative estimate of drug-likeness (QED) is 0.134. The fourth-order valence-corrected chi connectivity index (χ4v) is 7.90. The summed E-state index contributed by atoms with van der Waals surface area (Å²) in [6, 6.07) is 0. The van der Waals surface area contributed by atoms with Gasteiger partial charge in [-0.25, -0.2) is 4.21 Å². The lowest BCUT2D eigenvalue weighted by molar-refractivity contribution is -0.175. The standard InChI is InChI=1S/C16H28O3.C16H26O2.C12H18O2.Cl2OS/c1-7-15(6)10-8-9-12(2)16(15,18)11-13(17)19-14(3,4)5;1-7-16(6)10-8-9-12(2)13(16)11-14(17)18-15(3,4)5;1-4-12(3)7-5-6-9(2)10(12)8-11(13)14;1-4(2)3/h7,12,18H,1,8-11H2,2-6H3;7H,1,8-11H2,2-6H3;4H,1,5-8H2,2-3H3,(H,13,14);/t12-,15+,16-;;;/m1.../s1. The smallest absolute Gasteiger partial charge is 0.310 e. The molecule has 0 aliphatic heterocycles. The fourth-order valence-electron chi connectivity index (χ4n) is 7.90. The highest BCUT2D eigenvalue weighted by molar-refractivity contribution is 8.26. The van der Waals surface area contributed by atoms with E-state index >= 15 is 0 Å². The summed E-state index contributed by atoms with van der Waals surface area (Å²) in [5.74, 6) is -1.14. The second-order valence-electron chi connectivity index (χ2n) is 18.1. The molecule has 3 aliphatic rings. The first-order valence-corrected chi connectivity index (χ1v) is 22.2. The first-order valence-electron chi connectivity index (χ1n) is 19.4. The SMILES string of the molecule is C=CC1(C)CCCC(C)=C1CC(=O)O.C=CC1(C)CCCC(C)=C1CC(=O)OC(C)(C)C.C=C[C@@]1(C)CCC[C@@H](C)[C@]1(O)CC(=O)OC(C)(C)C.O=S(Cl)Cl. The van der Waals surface area contributed by atoms with Crippen molar-refractivity contribution in [2.75, 3.05) is 0 Å². The van der Waals surface area contributed by atoms with Crippen LogP contribution in [0.3, 0.4) is 0 Å². The summed E-state index contributed by atoms with van der Waals surface area (Å²) in [5, 5.41) is 19.9. The highest BCUT2D eigenvalue weighted by Gasteiger charge is 2.52. The van der Waals surface area contributed by atoms with Crippen LogP contribution in [0.1, 0.15) is 160 Å². The van der Waals surface area contributed by atoms with Crippen molar-refractivity contribution in [2.24, 2.45) is 22.2 Å². The predicted molar refractivity (Wildman–Crippen MR) is 229 cm³/mol. The zero-order chi connectivity index (χ0) is 43.2. The van der Waals surface area contributed by atoms with Gasteiger partial charge in [-0.1, -0.05) is 74.6 Å². The number of carboxylic acids is 1. The van der Waals surface area contributed by atoms with Gasteiger partial charge >= 0.3 is 17.9 Å². The number of halogens is 2. The molecule has 3 aliphatic carbocycles. The minimum atomic E-state index is -1.67. The summed E-state index contributed by atoms with van der Waals surface area (Å²) in [7, 11) is 7.36. The van der Waals surface area contributed by atoms with E-state index in [0.717, 1.165) is 56.9 Å². The van der Waals surface area contributed by atoms with E-state index in [1.165, 1.54) is 23.1 Å². The number of aliphatic carboxylic acids is 1. The molecule has 0 aromatic carbocycles. The first-order chi connectivity index (χ1) is 24.9. The predicted octanol–water partition coefficient (Wildman–Crippen LogP) is 12.1. The van der Waals surface area contributed by atoms with Gasteiger partial charge in [0.25, 0.3) is 0 Å². The molecule has 5 atom stereocenters. The van der Waals surface area contributed by atoms with Crippen molar-refractivity contribution in [3.05, 3.63) is 60.3 Å². The summed E-state index contributed by atoms with van der Waals surface area (Å²) >= 11 is 0. The van der Waals surface area contributed by atoms with E-state index in [0.29, 0.717) is 6.42 Å². The second kappa shape index (κ2) is 22.1. The van der Waals surface area contributed by atoms with Crippen LogP contribution in [0.15, 0.2) is 60.3 Å². The van der Waals surface area contributed by atoms with Gasteiger partial charge in [-0.05, 0) is 113 Å². The molecular weight excluding hydrogens is 759 g/mol. The Morgan fingerprint density at radius 2 is 1.18 bits per heavy atom. The number of hydrogen-bond donors (Lipinski definition) is 2. The molecule has 1 fully saturated rings. The molecule has 2 N–H and O–H groups in total. The number of carbonyl (C=O) groups is 3. The number of allylic oxidation sites excluding steroid dienone is 4. The van der Waals surface area contributed by atoms with E-state index < -0.39 is 37.4 Å². The number of rotatable bonds is 9. The highest BCUT2D eigenvalue weighted by atomic mass is 36.0. The molecule has 0 radical (unpaired) electrons. The number of aliphatic hydroxyl groups is 1.